The van der Waals surface area contributed by atoms with Gasteiger partial charge in [0.1, 0.15) is 0 Å². The van der Waals surface area contributed by atoms with Crippen LogP contribution in [-0.2, 0) is 11.2 Å². The number of likely N-dealkylation sites (tertiary alicyclic amines) is 1. The van der Waals surface area contributed by atoms with E-state index in [-0.39, 0.29) is 23.9 Å². The fourth-order valence-electron chi connectivity index (χ4n) is 5.26. The largest absolute Gasteiger partial charge is 0.341 e. The number of benzene rings is 1. The molecule has 0 saturated carbocycles. The molecule has 7 nitrogen and oxygen atoms in total. The Morgan fingerprint density at radius 2 is 1.90 bits per heavy atom. The molecule has 2 N–H and O–H groups in total. The van der Waals surface area contributed by atoms with E-state index in [2.05, 4.69) is 56.8 Å². The Hall–Kier alpha value is -2.51. The lowest BCUT2D eigenvalue weighted by Gasteiger charge is -2.32. The van der Waals surface area contributed by atoms with Gasteiger partial charge in [0.05, 0.1) is 18.2 Å². The van der Waals surface area contributed by atoms with Crippen molar-refractivity contribution in [2.45, 2.75) is 57.0 Å². The predicted octanol–water partition coefficient (Wildman–Crippen LogP) is 2.18. The summed E-state index contributed by atoms with van der Waals surface area (Å²) in [5.41, 5.74) is 10.2. The molecular formula is C24H32N6O. The second-order valence-electron chi connectivity index (χ2n) is 9.09. The zero-order chi connectivity index (χ0) is 21.2. The highest BCUT2D eigenvalue weighted by molar-refractivity contribution is 5.79. The maximum absolute atomic E-state index is 13.2. The standard InChI is InChI=1S/C24H32N6O/c1-17-6-8-18(9-7-17)15-22(31)30-14-4-5-21(30)23-19(16-26-28-23)20-10-11-25-24(27-20)29-12-2-3-13-29/h6-11,19,21,23,26,28H,2-5,12-16H2,1H3. The molecule has 0 aliphatic carbocycles. The third-order valence-electron chi connectivity index (χ3n) is 6.97. The molecule has 5 rings (SSSR count). The minimum Gasteiger partial charge on any atom is -0.341 e. The maximum atomic E-state index is 13.2. The molecular weight excluding hydrogens is 388 g/mol. The number of hydrogen-bond donors (Lipinski definition) is 2. The van der Waals surface area contributed by atoms with Gasteiger partial charge in [-0.25, -0.2) is 9.97 Å². The van der Waals surface area contributed by atoms with Gasteiger partial charge in [-0.1, -0.05) is 29.8 Å². The van der Waals surface area contributed by atoms with Crippen LogP contribution in [0.1, 0.15) is 48.4 Å². The molecule has 3 aliphatic rings. The summed E-state index contributed by atoms with van der Waals surface area (Å²) in [5, 5.41) is 0. The first-order valence-corrected chi connectivity index (χ1v) is 11.6. The Morgan fingerprint density at radius 3 is 2.71 bits per heavy atom. The van der Waals surface area contributed by atoms with Crippen LogP contribution in [0.4, 0.5) is 5.95 Å². The number of rotatable bonds is 5. The van der Waals surface area contributed by atoms with E-state index in [0.717, 1.165) is 56.2 Å². The van der Waals surface area contributed by atoms with Gasteiger partial charge in [0.15, 0.2) is 0 Å². The second kappa shape index (κ2) is 8.93. The van der Waals surface area contributed by atoms with Crippen LogP contribution < -0.4 is 15.8 Å². The van der Waals surface area contributed by atoms with Gasteiger partial charge in [-0.2, -0.15) is 0 Å². The average molecular weight is 421 g/mol. The number of aromatic nitrogens is 2. The van der Waals surface area contributed by atoms with Gasteiger partial charge in [0, 0.05) is 44.3 Å². The summed E-state index contributed by atoms with van der Waals surface area (Å²) in [6.45, 7) is 5.81. The maximum Gasteiger partial charge on any atom is 0.227 e. The van der Waals surface area contributed by atoms with Gasteiger partial charge in [-0.05, 0) is 44.2 Å². The van der Waals surface area contributed by atoms with Crippen LogP contribution >= 0.6 is 0 Å². The topological polar surface area (TPSA) is 73.4 Å². The Kier molecular flexibility index (Phi) is 5.87. The molecule has 0 bridgehead atoms. The van der Waals surface area contributed by atoms with Crippen LogP contribution in [-0.4, -0.2) is 59.0 Å². The molecule has 164 valence electrons. The minimum atomic E-state index is 0.158. The molecule has 31 heavy (non-hydrogen) atoms. The van der Waals surface area contributed by atoms with Crippen molar-refractivity contribution >= 4 is 11.9 Å². The number of amides is 1. The second-order valence-corrected chi connectivity index (χ2v) is 9.09. The van der Waals surface area contributed by atoms with Gasteiger partial charge >= 0.3 is 0 Å². The molecule has 2 aromatic rings. The van der Waals surface area contributed by atoms with Crippen LogP contribution in [0, 0.1) is 6.92 Å². The summed E-state index contributed by atoms with van der Waals surface area (Å²) < 4.78 is 0. The zero-order valence-electron chi connectivity index (χ0n) is 18.3. The van der Waals surface area contributed by atoms with Gasteiger partial charge in [-0.15, -0.1) is 0 Å². The summed E-state index contributed by atoms with van der Waals surface area (Å²) in [5.74, 6) is 1.29. The molecule has 3 saturated heterocycles. The first-order chi connectivity index (χ1) is 15.2. The lowest BCUT2D eigenvalue weighted by molar-refractivity contribution is -0.131. The summed E-state index contributed by atoms with van der Waals surface area (Å²) >= 11 is 0. The lowest BCUT2D eigenvalue weighted by Crippen LogP contribution is -2.50. The Balaban J connectivity index is 1.32. The summed E-state index contributed by atoms with van der Waals surface area (Å²) in [6, 6.07) is 10.7. The zero-order valence-corrected chi connectivity index (χ0v) is 18.3. The lowest BCUT2D eigenvalue weighted by atomic mass is 9.90. The number of carbonyl (C=O) groups is 1. The molecule has 3 fully saturated rings. The fraction of sp³-hybridized carbons (Fsp3) is 0.542. The van der Waals surface area contributed by atoms with Crippen molar-refractivity contribution in [3.63, 3.8) is 0 Å². The Labute approximate surface area is 184 Å². The Bertz CT molecular complexity index is 911. The highest BCUT2D eigenvalue weighted by Gasteiger charge is 2.42. The normalized spacial score (nSPS) is 26.0. The van der Waals surface area contributed by atoms with Crippen molar-refractivity contribution in [1.29, 1.82) is 0 Å². The number of carbonyl (C=O) groups excluding carboxylic acids is 1. The Morgan fingerprint density at radius 1 is 1.10 bits per heavy atom. The van der Waals surface area contributed by atoms with Crippen molar-refractivity contribution in [2.75, 3.05) is 31.1 Å². The SMILES string of the molecule is Cc1ccc(CC(=O)N2CCCC2C2NNCC2c2ccnc(N3CCCC3)n2)cc1. The molecule has 3 unspecified atom stereocenters. The minimum absolute atomic E-state index is 0.158. The molecule has 1 amide bonds. The molecule has 1 aromatic heterocycles. The number of aryl methyl sites for hydroxylation is 1. The number of anilines is 1. The van der Waals surface area contributed by atoms with E-state index in [9.17, 15) is 4.79 Å². The average Bonchev–Trinajstić information content (AvgIpc) is 3.56. The van der Waals surface area contributed by atoms with E-state index in [1.54, 1.807) is 0 Å². The molecule has 7 heteroatoms. The van der Waals surface area contributed by atoms with E-state index >= 15 is 0 Å². The van der Waals surface area contributed by atoms with Gasteiger partial charge in [-0.3, -0.25) is 15.6 Å². The monoisotopic (exact) mass is 420 g/mol. The molecule has 0 spiro atoms. The highest BCUT2D eigenvalue weighted by atomic mass is 16.2. The molecule has 4 heterocycles. The van der Waals surface area contributed by atoms with Crippen LogP contribution in [0.2, 0.25) is 0 Å². The van der Waals surface area contributed by atoms with Gasteiger partial charge in [0.25, 0.3) is 0 Å². The van der Waals surface area contributed by atoms with E-state index in [1.807, 2.05) is 12.3 Å². The number of nitrogens with zero attached hydrogens (tertiary/aromatic N) is 4. The van der Waals surface area contributed by atoms with Crippen molar-refractivity contribution < 1.29 is 4.79 Å². The van der Waals surface area contributed by atoms with Crippen molar-refractivity contribution in [3.8, 4) is 0 Å². The molecule has 3 atom stereocenters. The number of hydrazine groups is 1. The van der Waals surface area contributed by atoms with E-state index in [0.29, 0.717) is 6.42 Å². The quantitative estimate of drug-likeness (QED) is 0.773. The summed E-state index contributed by atoms with van der Waals surface area (Å²) in [4.78, 5) is 27.0. The van der Waals surface area contributed by atoms with Crippen LogP contribution in [0.25, 0.3) is 0 Å². The predicted molar refractivity (Wildman–Crippen MR) is 121 cm³/mol. The van der Waals surface area contributed by atoms with Crippen molar-refractivity contribution in [1.82, 2.24) is 25.7 Å². The number of nitrogens with one attached hydrogen (secondary N) is 2. The smallest absolute Gasteiger partial charge is 0.227 e. The van der Waals surface area contributed by atoms with Crippen molar-refractivity contribution in [3.05, 3.63) is 53.3 Å². The van der Waals surface area contributed by atoms with E-state index in [4.69, 9.17) is 4.98 Å². The molecule has 1 aromatic carbocycles. The molecule has 0 radical (unpaired) electrons. The van der Waals surface area contributed by atoms with Crippen molar-refractivity contribution in [2.24, 2.45) is 0 Å². The van der Waals surface area contributed by atoms with Crippen LogP contribution in [0.5, 0.6) is 0 Å². The van der Waals surface area contributed by atoms with E-state index < -0.39 is 0 Å². The fourth-order valence-corrected chi connectivity index (χ4v) is 5.26. The first kappa shape index (κ1) is 20.4. The summed E-state index contributed by atoms with van der Waals surface area (Å²) in [6.07, 6.45) is 6.86. The molecule has 3 aliphatic heterocycles. The van der Waals surface area contributed by atoms with Gasteiger partial charge < -0.3 is 9.80 Å². The first-order valence-electron chi connectivity index (χ1n) is 11.6. The highest BCUT2D eigenvalue weighted by Crippen LogP contribution is 2.31. The van der Waals surface area contributed by atoms with Crippen LogP contribution in [0.3, 0.4) is 0 Å². The van der Waals surface area contributed by atoms with Crippen LogP contribution in [0.15, 0.2) is 36.5 Å². The van der Waals surface area contributed by atoms with Gasteiger partial charge in [0.2, 0.25) is 11.9 Å². The summed E-state index contributed by atoms with van der Waals surface area (Å²) in [7, 11) is 0. The third kappa shape index (κ3) is 4.29. The number of hydrogen-bond acceptors (Lipinski definition) is 6. The third-order valence-corrected chi connectivity index (χ3v) is 6.97. The van der Waals surface area contributed by atoms with E-state index in [1.165, 1.54) is 18.4 Å².